The average Bonchev–Trinajstić information content (AvgIpc) is 3.09. The van der Waals surface area contributed by atoms with E-state index in [-0.39, 0.29) is 6.10 Å². The average molecular weight is 671 g/mol. The highest BCUT2D eigenvalue weighted by molar-refractivity contribution is 4.93. The van der Waals surface area contributed by atoms with Gasteiger partial charge in [0.15, 0.2) is 0 Å². The van der Waals surface area contributed by atoms with E-state index in [1.807, 2.05) is 0 Å². The molecule has 1 fully saturated rings. The molecule has 48 heavy (non-hydrogen) atoms. The first kappa shape index (κ1) is 44.8. The molecule has 4 heteroatoms. The van der Waals surface area contributed by atoms with Crippen LogP contribution in [0.25, 0.3) is 0 Å². The summed E-state index contributed by atoms with van der Waals surface area (Å²) in [4.78, 5) is 5.01. The van der Waals surface area contributed by atoms with Crippen molar-refractivity contribution in [2.75, 3.05) is 59.6 Å². The summed E-state index contributed by atoms with van der Waals surface area (Å²) >= 11 is 0. The maximum Gasteiger partial charge on any atom is 0.0934 e. The minimum absolute atomic E-state index is 0.205. The standard InChI is InChI=1S/C44H82N2O2/c1-4-6-8-10-12-14-16-18-20-22-24-26-28-30-32-34-40-47-43-44(42-46-38-36-45(3)37-39-46)48-41-35-33-31-29-27-25-23-21-19-17-15-13-11-9-7-5-2/h12-15,18-21,44H,4-11,16-17,22-43H2,1-3H3/b14-12-,15-13-,20-18-,21-19-. The van der Waals surface area contributed by atoms with Gasteiger partial charge in [-0.1, -0.05) is 140 Å². The second-order valence-corrected chi connectivity index (χ2v) is 14.3. The molecule has 0 aromatic carbocycles. The van der Waals surface area contributed by atoms with Gasteiger partial charge in [0.1, 0.15) is 0 Å². The van der Waals surface area contributed by atoms with Crippen LogP contribution >= 0.6 is 0 Å². The molecule has 1 atom stereocenters. The van der Waals surface area contributed by atoms with Crippen LogP contribution in [0.1, 0.15) is 168 Å². The van der Waals surface area contributed by atoms with Gasteiger partial charge in [-0.2, -0.15) is 0 Å². The Hall–Kier alpha value is -1.20. The fourth-order valence-electron chi connectivity index (χ4n) is 6.22. The van der Waals surface area contributed by atoms with Crippen LogP contribution in [0.5, 0.6) is 0 Å². The van der Waals surface area contributed by atoms with Gasteiger partial charge in [-0.15, -0.1) is 0 Å². The molecule has 0 radical (unpaired) electrons. The first-order chi connectivity index (χ1) is 23.8. The first-order valence-corrected chi connectivity index (χ1v) is 21.0. The molecule has 1 unspecified atom stereocenters. The molecule has 0 amide bonds. The number of rotatable bonds is 35. The highest BCUT2D eigenvalue weighted by Gasteiger charge is 2.19. The zero-order valence-corrected chi connectivity index (χ0v) is 32.5. The van der Waals surface area contributed by atoms with E-state index in [0.29, 0.717) is 0 Å². The molecule has 0 aromatic heterocycles. The fourth-order valence-corrected chi connectivity index (χ4v) is 6.22. The number of hydrogen-bond acceptors (Lipinski definition) is 4. The molecule has 1 aliphatic rings. The lowest BCUT2D eigenvalue weighted by Crippen LogP contribution is -2.48. The Bertz CT molecular complexity index is 753. The van der Waals surface area contributed by atoms with E-state index in [1.54, 1.807) is 0 Å². The van der Waals surface area contributed by atoms with Gasteiger partial charge in [0.05, 0.1) is 12.7 Å². The molecule has 1 saturated heterocycles. The van der Waals surface area contributed by atoms with Crippen molar-refractivity contribution in [2.45, 2.75) is 174 Å². The van der Waals surface area contributed by atoms with Crippen LogP contribution in [0.4, 0.5) is 0 Å². The van der Waals surface area contributed by atoms with Crippen molar-refractivity contribution in [3.8, 4) is 0 Å². The Morgan fingerprint density at radius 2 is 0.896 bits per heavy atom. The Morgan fingerprint density at radius 3 is 1.38 bits per heavy atom. The molecule has 1 rings (SSSR count). The summed E-state index contributed by atoms with van der Waals surface area (Å²) in [6, 6.07) is 0. The lowest BCUT2D eigenvalue weighted by Gasteiger charge is -2.34. The Kier molecular flexibility index (Phi) is 34.6. The summed E-state index contributed by atoms with van der Waals surface area (Å²) in [6.07, 6.45) is 49.8. The number of piperazine rings is 1. The maximum absolute atomic E-state index is 6.42. The second kappa shape index (κ2) is 37.1. The van der Waals surface area contributed by atoms with Crippen LogP contribution in [0.3, 0.4) is 0 Å². The number of nitrogens with zero attached hydrogens (tertiary/aromatic N) is 2. The molecule has 0 saturated carbocycles. The third-order valence-corrected chi connectivity index (χ3v) is 9.55. The van der Waals surface area contributed by atoms with E-state index >= 15 is 0 Å². The van der Waals surface area contributed by atoms with E-state index in [1.165, 1.54) is 141 Å². The van der Waals surface area contributed by atoms with Crippen LogP contribution in [-0.4, -0.2) is 75.5 Å². The van der Waals surface area contributed by atoms with E-state index in [0.717, 1.165) is 65.4 Å². The van der Waals surface area contributed by atoms with Crippen molar-refractivity contribution in [1.82, 2.24) is 9.80 Å². The van der Waals surface area contributed by atoms with E-state index in [2.05, 4.69) is 79.3 Å². The molecule has 0 N–H and O–H groups in total. The molecule has 0 aliphatic carbocycles. The summed E-state index contributed by atoms with van der Waals surface area (Å²) in [5.41, 5.74) is 0. The predicted molar refractivity (Wildman–Crippen MR) is 213 cm³/mol. The number of hydrogen-bond donors (Lipinski definition) is 0. The molecule has 0 spiro atoms. The SMILES string of the molecule is CCCCC/C=C\C/C=C\CCCCCCCCOCC(CN1CCN(C)CC1)OCCCCCCCC/C=C\C/C=C\CCCCC. The Morgan fingerprint density at radius 1 is 0.479 bits per heavy atom. The van der Waals surface area contributed by atoms with Crippen molar-refractivity contribution >= 4 is 0 Å². The number of likely N-dealkylation sites (N-methyl/N-ethyl adjacent to an activating group) is 1. The highest BCUT2D eigenvalue weighted by atomic mass is 16.5. The second-order valence-electron chi connectivity index (χ2n) is 14.3. The van der Waals surface area contributed by atoms with Crippen LogP contribution in [-0.2, 0) is 9.47 Å². The van der Waals surface area contributed by atoms with Gasteiger partial charge in [0.2, 0.25) is 0 Å². The predicted octanol–water partition coefficient (Wildman–Crippen LogP) is 12.3. The molecule has 280 valence electrons. The van der Waals surface area contributed by atoms with Gasteiger partial charge < -0.3 is 14.4 Å². The molecule has 0 aromatic rings. The van der Waals surface area contributed by atoms with Gasteiger partial charge in [-0.05, 0) is 84.1 Å². The minimum atomic E-state index is 0.205. The van der Waals surface area contributed by atoms with E-state index in [4.69, 9.17) is 9.47 Å². The van der Waals surface area contributed by atoms with Gasteiger partial charge in [-0.3, -0.25) is 4.90 Å². The molecule has 0 bridgehead atoms. The lowest BCUT2D eigenvalue weighted by molar-refractivity contribution is -0.0388. The van der Waals surface area contributed by atoms with Crippen LogP contribution < -0.4 is 0 Å². The van der Waals surface area contributed by atoms with Crippen molar-refractivity contribution in [3.05, 3.63) is 48.6 Å². The van der Waals surface area contributed by atoms with Crippen LogP contribution in [0, 0.1) is 0 Å². The lowest BCUT2D eigenvalue weighted by atomic mass is 10.1. The quantitative estimate of drug-likeness (QED) is 0.0495. The Labute approximate surface area is 300 Å². The third kappa shape index (κ3) is 32.0. The van der Waals surface area contributed by atoms with E-state index in [9.17, 15) is 0 Å². The molecule has 1 heterocycles. The summed E-state index contributed by atoms with van der Waals surface area (Å²) < 4.78 is 12.6. The number of allylic oxidation sites excluding steroid dienone is 8. The normalized spacial score (nSPS) is 15.7. The molecule has 4 nitrogen and oxygen atoms in total. The van der Waals surface area contributed by atoms with E-state index < -0.39 is 0 Å². The van der Waals surface area contributed by atoms with Gasteiger partial charge in [0, 0.05) is 45.9 Å². The largest absolute Gasteiger partial charge is 0.379 e. The van der Waals surface area contributed by atoms with Gasteiger partial charge >= 0.3 is 0 Å². The minimum Gasteiger partial charge on any atom is -0.379 e. The molecule has 1 aliphatic heterocycles. The van der Waals surface area contributed by atoms with Crippen molar-refractivity contribution < 1.29 is 9.47 Å². The third-order valence-electron chi connectivity index (χ3n) is 9.55. The first-order valence-electron chi connectivity index (χ1n) is 21.0. The maximum atomic E-state index is 6.42. The topological polar surface area (TPSA) is 24.9 Å². The van der Waals surface area contributed by atoms with Crippen molar-refractivity contribution in [3.63, 3.8) is 0 Å². The van der Waals surface area contributed by atoms with Crippen LogP contribution in [0.15, 0.2) is 48.6 Å². The Balaban J connectivity index is 2.05. The fraction of sp³-hybridized carbons (Fsp3) is 0.818. The molecular weight excluding hydrogens is 588 g/mol. The summed E-state index contributed by atoms with van der Waals surface area (Å²) in [5.74, 6) is 0. The van der Waals surface area contributed by atoms with Crippen molar-refractivity contribution in [1.29, 1.82) is 0 Å². The smallest absolute Gasteiger partial charge is 0.0934 e. The summed E-state index contributed by atoms with van der Waals surface area (Å²) in [5, 5.41) is 0. The highest BCUT2D eigenvalue weighted by Crippen LogP contribution is 2.12. The van der Waals surface area contributed by atoms with Gasteiger partial charge in [0.25, 0.3) is 0 Å². The molecular formula is C44H82N2O2. The summed E-state index contributed by atoms with van der Waals surface area (Å²) in [7, 11) is 2.23. The zero-order valence-electron chi connectivity index (χ0n) is 32.5. The number of ether oxygens (including phenoxy) is 2. The van der Waals surface area contributed by atoms with Gasteiger partial charge in [-0.25, -0.2) is 0 Å². The zero-order chi connectivity index (χ0) is 34.4. The summed E-state index contributed by atoms with van der Waals surface area (Å²) in [6.45, 7) is 12.7. The van der Waals surface area contributed by atoms with Crippen molar-refractivity contribution in [2.24, 2.45) is 0 Å². The number of unbranched alkanes of at least 4 members (excludes halogenated alkanes) is 18. The monoisotopic (exact) mass is 671 g/mol. The van der Waals surface area contributed by atoms with Crippen LogP contribution in [0.2, 0.25) is 0 Å².